The van der Waals surface area contributed by atoms with E-state index in [1.54, 1.807) is 12.1 Å². The average molecular weight is 310 g/mol. The molecule has 3 rings (SSSR count). The maximum atomic E-state index is 12.3. The number of benzene rings is 2. The molecule has 0 spiro atoms. The first-order valence-corrected chi connectivity index (χ1v) is 7.09. The quantitative estimate of drug-likeness (QED) is 0.773. The summed E-state index contributed by atoms with van der Waals surface area (Å²) in [6.07, 6.45) is 0. The van der Waals surface area contributed by atoms with Gasteiger partial charge in [-0.1, -0.05) is 12.1 Å². The van der Waals surface area contributed by atoms with Crippen LogP contribution in [0, 0.1) is 0 Å². The predicted octanol–water partition coefficient (Wildman–Crippen LogP) is 2.69. The summed E-state index contributed by atoms with van der Waals surface area (Å²) < 4.78 is 5.55. The van der Waals surface area contributed by atoms with Gasteiger partial charge in [-0.15, -0.1) is 0 Å². The van der Waals surface area contributed by atoms with Crippen molar-refractivity contribution in [1.29, 1.82) is 0 Å². The highest BCUT2D eigenvalue weighted by molar-refractivity contribution is 5.93. The Hall–Kier alpha value is -3.15. The summed E-state index contributed by atoms with van der Waals surface area (Å²) in [5.41, 5.74) is 0.766. The number of fused-ring (bicyclic) bond motifs is 1. The van der Waals surface area contributed by atoms with Gasteiger partial charge < -0.3 is 14.8 Å². The lowest BCUT2D eigenvalue weighted by molar-refractivity contribution is 0.0697. The summed E-state index contributed by atoms with van der Waals surface area (Å²) in [5, 5.41) is 9.25. The minimum atomic E-state index is -1.09. The molecule has 3 aromatic rings. The second kappa shape index (κ2) is 5.92. The van der Waals surface area contributed by atoms with Gasteiger partial charge in [0.2, 0.25) is 0 Å². The smallest absolute Gasteiger partial charge is 0.335 e. The summed E-state index contributed by atoms with van der Waals surface area (Å²) in [7, 11) is 0. The van der Waals surface area contributed by atoms with Crippen molar-refractivity contribution in [3.05, 3.63) is 58.4 Å². The van der Waals surface area contributed by atoms with Crippen molar-refractivity contribution in [3.8, 4) is 17.1 Å². The molecule has 0 bridgehead atoms. The molecule has 2 aromatic carbocycles. The highest BCUT2D eigenvalue weighted by atomic mass is 16.5. The zero-order valence-corrected chi connectivity index (χ0v) is 12.4. The van der Waals surface area contributed by atoms with Crippen LogP contribution in [0.5, 0.6) is 5.75 Å². The number of carboxylic acid groups (broad SMARTS) is 1. The summed E-state index contributed by atoms with van der Waals surface area (Å²) in [5.74, 6) is -0.0775. The van der Waals surface area contributed by atoms with Gasteiger partial charge in [0.25, 0.3) is 5.56 Å². The van der Waals surface area contributed by atoms with Crippen molar-refractivity contribution >= 4 is 16.9 Å². The molecule has 0 amide bonds. The Morgan fingerprint density at radius 3 is 2.78 bits per heavy atom. The first kappa shape index (κ1) is 14.8. The third kappa shape index (κ3) is 2.78. The Labute approximate surface area is 131 Å². The minimum Gasteiger partial charge on any atom is -0.493 e. The van der Waals surface area contributed by atoms with Gasteiger partial charge in [-0.3, -0.25) is 4.79 Å². The Morgan fingerprint density at radius 1 is 1.26 bits per heavy atom. The van der Waals surface area contributed by atoms with Gasteiger partial charge in [0.1, 0.15) is 11.6 Å². The maximum absolute atomic E-state index is 12.3. The second-order valence-electron chi connectivity index (χ2n) is 4.88. The predicted molar refractivity (Wildman–Crippen MR) is 85.9 cm³/mol. The van der Waals surface area contributed by atoms with E-state index in [0.29, 0.717) is 29.3 Å². The third-order valence-electron chi connectivity index (χ3n) is 3.39. The van der Waals surface area contributed by atoms with E-state index < -0.39 is 5.97 Å². The zero-order valence-electron chi connectivity index (χ0n) is 12.4. The number of aromatic carboxylic acids is 1. The van der Waals surface area contributed by atoms with Crippen LogP contribution in [-0.2, 0) is 0 Å². The molecule has 0 aliphatic heterocycles. The number of hydrogen-bond donors (Lipinski definition) is 2. The molecular formula is C17H14N2O4. The molecule has 0 atom stereocenters. The molecule has 0 aliphatic rings. The van der Waals surface area contributed by atoms with Crippen LogP contribution in [-0.4, -0.2) is 27.7 Å². The van der Waals surface area contributed by atoms with Crippen molar-refractivity contribution in [1.82, 2.24) is 9.97 Å². The molecule has 6 nitrogen and oxygen atoms in total. The SMILES string of the molecule is CCOc1ccccc1-c1nc2ccc(C(=O)O)cc2c(=O)[nH]1. The van der Waals surface area contributed by atoms with Gasteiger partial charge in [0.05, 0.1) is 28.6 Å². The minimum absolute atomic E-state index is 0.0484. The zero-order chi connectivity index (χ0) is 16.4. The van der Waals surface area contributed by atoms with E-state index in [1.165, 1.54) is 18.2 Å². The standard InChI is InChI=1S/C17H14N2O4/c1-2-23-14-6-4-3-5-11(14)15-18-13-8-7-10(17(21)22)9-12(13)16(20)19-15/h3-9H,2H2,1H3,(H,21,22)(H,18,19,20). The van der Waals surface area contributed by atoms with Crippen LogP contribution in [0.15, 0.2) is 47.3 Å². The van der Waals surface area contributed by atoms with Gasteiger partial charge >= 0.3 is 5.97 Å². The van der Waals surface area contributed by atoms with Crippen molar-refractivity contribution in [3.63, 3.8) is 0 Å². The topological polar surface area (TPSA) is 92.3 Å². The van der Waals surface area contributed by atoms with E-state index in [-0.39, 0.29) is 16.5 Å². The lowest BCUT2D eigenvalue weighted by Gasteiger charge is -2.10. The normalized spacial score (nSPS) is 10.7. The van der Waals surface area contributed by atoms with Crippen LogP contribution >= 0.6 is 0 Å². The molecule has 116 valence electrons. The average Bonchev–Trinajstić information content (AvgIpc) is 2.55. The number of nitrogens with zero attached hydrogens (tertiary/aromatic N) is 1. The lowest BCUT2D eigenvalue weighted by atomic mass is 10.1. The van der Waals surface area contributed by atoms with Crippen LogP contribution < -0.4 is 10.3 Å². The largest absolute Gasteiger partial charge is 0.493 e. The maximum Gasteiger partial charge on any atom is 0.335 e. The molecule has 23 heavy (non-hydrogen) atoms. The summed E-state index contributed by atoms with van der Waals surface area (Å²) >= 11 is 0. The van der Waals surface area contributed by atoms with E-state index in [4.69, 9.17) is 9.84 Å². The van der Waals surface area contributed by atoms with E-state index in [9.17, 15) is 9.59 Å². The number of ether oxygens (including phenoxy) is 1. The molecule has 6 heteroatoms. The molecule has 0 radical (unpaired) electrons. The molecular weight excluding hydrogens is 296 g/mol. The highest BCUT2D eigenvalue weighted by Gasteiger charge is 2.12. The Morgan fingerprint density at radius 2 is 2.04 bits per heavy atom. The number of rotatable bonds is 4. The van der Waals surface area contributed by atoms with Crippen LogP contribution in [0.1, 0.15) is 17.3 Å². The number of hydrogen-bond acceptors (Lipinski definition) is 4. The lowest BCUT2D eigenvalue weighted by Crippen LogP contribution is -2.11. The second-order valence-corrected chi connectivity index (χ2v) is 4.88. The molecule has 0 fully saturated rings. The number of H-pyrrole nitrogens is 1. The fourth-order valence-electron chi connectivity index (χ4n) is 2.34. The van der Waals surface area contributed by atoms with E-state index in [0.717, 1.165) is 0 Å². The molecule has 2 N–H and O–H groups in total. The van der Waals surface area contributed by atoms with Gasteiger partial charge in [-0.25, -0.2) is 9.78 Å². The van der Waals surface area contributed by atoms with Crippen molar-refractivity contribution in [2.24, 2.45) is 0 Å². The van der Waals surface area contributed by atoms with Crippen molar-refractivity contribution in [2.45, 2.75) is 6.92 Å². The van der Waals surface area contributed by atoms with Crippen LogP contribution in [0.3, 0.4) is 0 Å². The van der Waals surface area contributed by atoms with Gasteiger partial charge in [0, 0.05) is 0 Å². The van der Waals surface area contributed by atoms with Crippen LogP contribution in [0.2, 0.25) is 0 Å². The van der Waals surface area contributed by atoms with E-state index in [1.807, 2.05) is 19.1 Å². The van der Waals surface area contributed by atoms with Gasteiger partial charge in [-0.2, -0.15) is 0 Å². The Bertz CT molecular complexity index is 947. The summed E-state index contributed by atoms with van der Waals surface area (Å²) in [6, 6.07) is 11.6. The van der Waals surface area contributed by atoms with Crippen LogP contribution in [0.25, 0.3) is 22.3 Å². The van der Waals surface area contributed by atoms with Crippen molar-refractivity contribution < 1.29 is 14.6 Å². The number of carboxylic acids is 1. The molecule has 1 aromatic heterocycles. The number of carbonyl (C=O) groups is 1. The summed E-state index contributed by atoms with van der Waals surface area (Å²) in [6.45, 7) is 2.37. The fourth-order valence-corrected chi connectivity index (χ4v) is 2.34. The Balaban J connectivity index is 2.19. The molecule has 0 aliphatic carbocycles. The van der Waals surface area contributed by atoms with E-state index >= 15 is 0 Å². The highest BCUT2D eigenvalue weighted by Crippen LogP contribution is 2.27. The summed E-state index contributed by atoms with van der Waals surface area (Å²) in [4.78, 5) is 30.4. The molecule has 0 saturated carbocycles. The third-order valence-corrected chi connectivity index (χ3v) is 3.39. The van der Waals surface area contributed by atoms with Gasteiger partial charge in [0.15, 0.2) is 0 Å². The number of aromatic nitrogens is 2. The molecule has 0 saturated heterocycles. The van der Waals surface area contributed by atoms with E-state index in [2.05, 4.69) is 9.97 Å². The number of nitrogens with one attached hydrogen (secondary N) is 1. The molecule has 1 heterocycles. The first-order valence-electron chi connectivity index (χ1n) is 7.09. The number of para-hydroxylation sites is 1. The number of aromatic amines is 1. The van der Waals surface area contributed by atoms with Gasteiger partial charge in [-0.05, 0) is 37.3 Å². The monoisotopic (exact) mass is 310 g/mol. The first-order chi connectivity index (χ1) is 11.1. The van der Waals surface area contributed by atoms with Crippen molar-refractivity contribution in [2.75, 3.05) is 6.61 Å². The van der Waals surface area contributed by atoms with Crippen LogP contribution in [0.4, 0.5) is 0 Å². The fraction of sp³-hybridized carbons (Fsp3) is 0.118. The molecule has 0 unspecified atom stereocenters. The Kier molecular flexibility index (Phi) is 3.80.